The van der Waals surface area contributed by atoms with Gasteiger partial charge in [-0.2, -0.15) is 0 Å². The Labute approximate surface area is 120 Å². The largest absolute Gasteiger partial charge is 0.369 e. The summed E-state index contributed by atoms with van der Waals surface area (Å²) in [6.07, 6.45) is 3.49. The summed E-state index contributed by atoms with van der Waals surface area (Å²) in [5.74, 6) is 0.687. The molecule has 0 radical (unpaired) electrons. The molecule has 1 unspecified atom stereocenters. The molecule has 0 bridgehead atoms. The van der Waals surface area contributed by atoms with E-state index in [1.54, 1.807) is 7.11 Å². The number of methoxy groups -OCH3 is 1. The predicted molar refractivity (Wildman–Crippen MR) is 79.3 cm³/mol. The van der Waals surface area contributed by atoms with Gasteiger partial charge in [0.2, 0.25) is 0 Å². The van der Waals surface area contributed by atoms with Crippen molar-refractivity contribution in [3.8, 4) is 0 Å². The molecule has 20 heavy (non-hydrogen) atoms. The highest BCUT2D eigenvalue weighted by atomic mass is 16.5. The summed E-state index contributed by atoms with van der Waals surface area (Å²) in [5, 5.41) is 3.34. The van der Waals surface area contributed by atoms with Crippen molar-refractivity contribution >= 4 is 0 Å². The van der Waals surface area contributed by atoms with Crippen LogP contribution in [0.2, 0.25) is 0 Å². The predicted octanol–water partition coefficient (Wildman–Crippen LogP) is 2.71. The lowest BCUT2D eigenvalue weighted by Crippen LogP contribution is -2.22. The van der Waals surface area contributed by atoms with E-state index in [1.165, 1.54) is 0 Å². The second-order valence-corrected chi connectivity index (χ2v) is 5.01. The number of nitrogens with one attached hydrogen (secondary N) is 1. The number of ether oxygens (including phenoxy) is 1. The Morgan fingerprint density at radius 2 is 1.75 bits per heavy atom. The van der Waals surface area contributed by atoms with Crippen molar-refractivity contribution < 1.29 is 4.74 Å². The fourth-order valence-electron chi connectivity index (χ4n) is 1.93. The zero-order valence-corrected chi connectivity index (χ0v) is 12.2. The van der Waals surface area contributed by atoms with Gasteiger partial charge in [0.25, 0.3) is 0 Å². The minimum absolute atomic E-state index is 0.219. The lowest BCUT2D eigenvalue weighted by molar-refractivity contribution is 0.129. The molecule has 1 atom stereocenters. The van der Waals surface area contributed by atoms with Crippen LogP contribution < -0.4 is 5.32 Å². The number of aromatic nitrogens is 2. The standard InChI is InChI=1S/C16H21N3O/c1-12(2)17-9-13-10-18-16(19-11-13)15(20-3)14-7-5-4-6-8-14/h4-8,10-12,15,17H,9H2,1-3H3. The highest BCUT2D eigenvalue weighted by Gasteiger charge is 2.15. The Hall–Kier alpha value is -1.78. The highest BCUT2D eigenvalue weighted by molar-refractivity contribution is 5.23. The van der Waals surface area contributed by atoms with E-state index < -0.39 is 0 Å². The molecule has 106 valence electrons. The molecule has 0 aliphatic carbocycles. The molecule has 0 aliphatic rings. The van der Waals surface area contributed by atoms with Gasteiger partial charge in [-0.05, 0) is 5.56 Å². The van der Waals surface area contributed by atoms with Gasteiger partial charge in [-0.1, -0.05) is 44.2 Å². The first-order valence-corrected chi connectivity index (χ1v) is 6.82. The normalized spacial score (nSPS) is 12.6. The van der Waals surface area contributed by atoms with E-state index >= 15 is 0 Å². The molecule has 0 amide bonds. The molecule has 1 heterocycles. The molecule has 0 saturated carbocycles. The fourth-order valence-corrected chi connectivity index (χ4v) is 1.93. The minimum Gasteiger partial charge on any atom is -0.369 e. The van der Waals surface area contributed by atoms with E-state index in [2.05, 4.69) is 29.1 Å². The molecule has 4 heteroatoms. The minimum atomic E-state index is -0.219. The number of nitrogens with zero attached hydrogens (tertiary/aromatic N) is 2. The van der Waals surface area contributed by atoms with E-state index in [4.69, 9.17) is 4.74 Å². The van der Waals surface area contributed by atoms with Crippen LogP contribution in [0.4, 0.5) is 0 Å². The van der Waals surface area contributed by atoms with Gasteiger partial charge in [0, 0.05) is 37.7 Å². The second kappa shape index (κ2) is 7.12. The molecule has 0 aliphatic heterocycles. The average Bonchev–Trinajstić information content (AvgIpc) is 2.48. The smallest absolute Gasteiger partial charge is 0.161 e. The first-order valence-electron chi connectivity index (χ1n) is 6.82. The number of benzene rings is 1. The van der Waals surface area contributed by atoms with E-state index in [9.17, 15) is 0 Å². The second-order valence-electron chi connectivity index (χ2n) is 5.01. The molecule has 0 spiro atoms. The quantitative estimate of drug-likeness (QED) is 0.877. The fraction of sp³-hybridized carbons (Fsp3) is 0.375. The molecule has 2 rings (SSSR count). The van der Waals surface area contributed by atoms with Gasteiger partial charge in [0.1, 0.15) is 6.10 Å². The zero-order chi connectivity index (χ0) is 14.4. The molecule has 2 aromatic rings. The Morgan fingerprint density at radius 3 is 2.30 bits per heavy atom. The first kappa shape index (κ1) is 14.6. The van der Waals surface area contributed by atoms with Crippen molar-refractivity contribution in [2.75, 3.05) is 7.11 Å². The van der Waals surface area contributed by atoms with Crippen molar-refractivity contribution in [1.29, 1.82) is 0 Å². The van der Waals surface area contributed by atoms with Crippen LogP contribution in [-0.4, -0.2) is 23.1 Å². The van der Waals surface area contributed by atoms with Crippen molar-refractivity contribution in [1.82, 2.24) is 15.3 Å². The van der Waals surface area contributed by atoms with E-state index in [0.717, 1.165) is 17.7 Å². The number of hydrogen-bond donors (Lipinski definition) is 1. The summed E-state index contributed by atoms with van der Waals surface area (Å²) in [6.45, 7) is 5.01. The molecule has 0 fully saturated rings. The van der Waals surface area contributed by atoms with Gasteiger partial charge < -0.3 is 10.1 Å². The van der Waals surface area contributed by atoms with Crippen molar-refractivity contribution in [2.24, 2.45) is 0 Å². The van der Waals surface area contributed by atoms with Crippen molar-refractivity contribution in [2.45, 2.75) is 32.5 Å². The van der Waals surface area contributed by atoms with E-state index in [0.29, 0.717) is 11.9 Å². The van der Waals surface area contributed by atoms with Crippen LogP contribution in [0.25, 0.3) is 0 Å². The zero-order valence-electron chi connectivity index (χ0n) is 12.2. The summed E-state index contributed by atoms with van der Waals surface area (Å²) in [5.41, 5.74) is 2.13. The van der Waals surface area contributed by atoms with E-state index in [1.807, 2.05) is 42.7 Å². The number of hydrogen-bond acceptors (Lipinski definition) is 4. The van der Waals surface area contributed by atoms with Gasteiger partial charge >= 0.3 is 0 Å². The lowest BCUT2D eigenvalue weighted by Gasteiger charge is -2.14. The molecule has 0 saturated heterocycles. The van der Waals surface area contributed by atoms with Crippen LogP contribution in [0.15, 0.2) is 42.7 Å². The van der Waals surface area contributed by atoms with Gasteiger partial charge in [-0.3, -0.25) is 0 Å². The summed E-state index contributed by atoms with van der Waals surface area (Å²) in [6, 6.07) is 10.4. The van der Waals surface area contributed by atoms with Crippen LogP contribution in [-0.2, 0) is 11.3 Å². The maximum atomic E-state index is 5.52. The van der Waals surface area contributed by atoms with Crippen LogP contribution in [0.1, 0.15) is 36.9 Å². The molecular formula is C16H21N3O. The molecular weight excluding hydrogens is 250 g/mol. The van der Waals surface area contributed by atoms with Crippen molar-refractivity contribution in [3.63, 3.8) is 0 Å². The van der Waals surface area contributed by atoms with Gasteiger partial charge in [-0.15, -0.1) is 0 Å². The van der Waals surface area contributed by atoms with Gasteiger partial charge in [0.15, 0.2) is 5.82 Å². The van der Waals surface area contributed by atoms with E-state index in [-0.39, 0.29) is 6.10 Å². The third-order valence-electron chi connectivity index (χ3n) is 3.01. The van der Waals surface area contributed by atoms with Crippen LogP contribution in [0.3, 0.4) is 0 Å². The Kier molecular flexibility index (Phi) is 5.21. The Morgan fingerprint density at radius 1 is 1.10 bits per heavy atom. The molecule has 1 aromatic heterocycles. The van der Waals surface area contributed by atoms with Crippen molar-refractivity contribution in [3.05, 3.63) is 59.7 Å². The monoisotopic (exact) mass is 271 g/mol. The maximum absolute atomic E-state index is 5.52. The van der Waals surface area contributed by atoms with Crippen LogP contribution in [0, 0.1) is 0 Å². The topological polar surface area (TPSA) is 47.0 Å². The van der Waals surface area contributed by atoms with Crippen LogP contribution in [0.5, 0.6) is 0 Å². The summed E-state index contributed by atoms with van der Waals surface area (Å²) >= 11 is 0. The summed E-state index contributed by atoms with van der Waals surface area (Å²) < 4.78 is 5.52. The average molecular weight is 271 g/mol. The molecule has 1 aromatic carbocycles. The SMILES string of the molecule is COC(c1ccccc1)c1ncc(CNC(C)C)cn1. The Bertz CT molecular complexity index is 511. The molecule has 4 nitrogen and oxygen atoms in total. The van der Waals surface area contributed by atoms with Gasteiger partial charge in [-0.25, -0.2) is 9.97 Å². The Balaban J connectivity index is 2.11. The third kappa shape index (κ3) is 3.85. The maximum Gasteiger partial charge on any atom is 0.161 e. The lowest BCUT2D eigenvalue weighted by atomic mass is 10.1. The van der Waals surface area contributed by atoms with Crippen LogP contribution >= 0.6 is 0 Å². The number of rotatable bonds is 6. The highest BCUT2D eigenvalue weighted by Crippen LogP contribution is 2.21. The summed E-state index contributed by atoms with van der Waals surface area (Å²) in [7, 11) is 1.68. The van der Waals surface area contributed by atoms with Gasteiger partial charge in [0.05, 0.1) is 0 Å². The third-order valence-corrected chi connectivity index (χ3v) is 3.01. The first-order chi connectivity index (χ1) is 9.70. The summed E-state index contributed by atoms with van der Waals surface area (Å²) in [4.78, 5) is 8.86. The molecule has 1 N–H and O–H groups in total.